The minimum atomic E-state index is -1.17. The van der Waals surface area contributed by atoms with Crippen LogP contribution in [0.4, 0.5) is 0 Å². The van der Waals surface area contributed by atoms with Crippen LogP contribution in [0.25, 0.3) is 21.9 Å². The number of para-hydroxylation sites is 2. The van der Waals surface area contributed by atoms with E-state index in [-0.39, 0.29) is 24.1 Å². The lowest BCUT2D eigenvalue weighted by Crippen LogP contribution is -2.30. The van der Waals surface area contributed by atoms with Crippen molar-refractivity contribution in [3.05, 3.63) is 93.6 Å². The van der Waals surface area contributed by atoms with E-state index in [0.717, 1.165) is 10.8 Å². The van der Waals surface area contributed by atoms with E-state index in [1.165, 1.54) is 12.1 Å². The normalized spacial score (nSPS) is 10.9. The summed E-state index contributed by atoms with van der Waals surface area (Å²) in [6.07, 6.45) is -0.224. The Morgan fingerprint density at radius 1 is 0.750 bits per heavy atom. The van der Waals surface area contributed by atoms with Crippen LogP contribution in [0.3, 0.4) is 0 Å². The Bertz CT molecular complexity index is 1220. The summed E-state index contributed by atoms with van der Waals surface area (Å²) in [5.41, 5.74) is 5.68. The number of benzene rings is 2. The van der Waals surface area contributed by atoms with E-state index in [1.54, 1.807) is 24.3 Å². The summed E-state index contributed by atoms with van der Waals surface area (Å²) in [5.74, 6) is -2.20. The second-order valence-electron chi connectivity index (χ2n) is 6.46. The molecular weight excluding hydrogens is 418 g/mol. The molecule has 2 aromatic heterocycles. The highest BCUT2D eigenvalue weighted by Crippen LogP contribution is 2.09. The summed E-state index contributed by atoms with van der Waals surface area (Å²) in [4.78, 5) is 41.3. The lowest BCUT2D eigenvalue weighted by Gasteiger charge is -2.01. The van der Waals surface area contributed by atoms with Gasteiger partial charge in [-0.1, -0.05) is 36.4 Å². The van der Waals surface area contributed by atoms with Crippen LogP contribution in [0.2, 0.25) is 0 Å². The second-order valence-corrected chi connectivity index (χ2v) is 6.46. The number of rotatable bonds is 4. The van der Waals surface area contributed by atoms with Crippen LogP contribution in [0.15, 0.2) is 91.2 Å². The molecule has 0 aliphatic heterocycles. The number of carboxylic acids is 2. The van der Waals surface area contributed by atoms with E-state index in [0.29, 0.717) is 11.2 Å². The van der Waals surface area contributed by atoms with E-state index in [2.05, 4.69) is 0 Å². The van der Waals surface area contributed by atoms with Crippen molar-refractivity contribution in [2.75, 3.05) is 0 Å². The van der Waals surface area contributed by atoms with Crippen molar-refractivity contribution < 1.29 is 28.6 Å². The van der Waals surface area contributed by atoms with Gasteiger partial charge in [-0.2, -0.15) is 0 Å². The monoisotopic (exact) mass is 439 g/mol. The van der Waals surface area contributed by atoms with Crippen LogP contribution >= 0.6 is 0 Å². The number of nitrogens with two attached hydrogens (primary N) is 1. The molecule has 9 nitrogen and oxygen atoms in total. The average Bonchev–Trinajstić information content (AvgIpc) is 2.78. The molecule has 0 spiro atoms. The standard InChI is InChI=1S/2C9H6O2.C5H9NO4/c2*10-9-6-5-7-3-1-2-4-8(7)11-9;6-3(5(9)10)1-2-4(7)8/h2*1-6H;3H,1-2,6H2,(H,7,8)(H,9,10)/t;;3-/m..0/s1. The fourth-order valence-corrected chi connectivity index (χ4v) is 2.43. The van der Waals surface area contributed by atoms with Crippen LogP contribution in [0, 0.1) is 0 Å². The topological polar surface area (TPSA) is 161 Å². The first-order valence-electron chi connectivity index (χ1n) is 9.44. The third-order valence-electron chi connectivity index (χ3n) is 4.04. The highest BCUT2D eigenvalue weighted by molar-refractivity contribution is 5.76. The van der Waals surface area contributed by atoms with E-state index in [9.17, 15) is 19.2 Å². The molecule has 2 heterocycles. The van der Waals surface area contributed by atoms with Crippen molar-refractivity contribution in [2.24, 2.45) is 5.73 Å². The van der Waals surface area contributed by atoms with Crippen molar-refractivity contribution in [2.45, 2.75) is 18.9 Å². The Labute approximate surface area is 181 Å². The zero-order valence-electron chi connectivity index (χ0n) is 16.8. The summed E-state index contributed by atoms with van der Waals surface area (Å²) in [5, 5.41) is 18.2. The maximum absolute atomic E-state index is 10.7. The van der Waals surface area contributed by atoms with E-state index < -0.39 is 18.0 Å². The van der Waals surface area contributed by atoms with Gasteiger partial charge in [-0.15, -0.1) is 0 Å². The number of carboxylic acid groups (broad SMARTS) is 2. The Morgan fingerprint density at radius 2 is 1.19 bits per heavy atom. The summed E-state index contributed by atoms with van der Waals surface area (Å²) in [6.45, 7) is 0. The molecule has 0 saturated heterocycles. The van der Waals surface area contributed by atoms with Crippen LogP contribution in [0.5, 0.6) is 0 Å². The molecule has 0 saturated carbocycles. The molecule has 32 heavy (non-hydrogen) atoms. The molecule has 2 aromatic carbocycles. The molecule has 4 N–H and O–H groups in total. The van der Waals surface area contributed by atoms with Gasteiger partial charge in [0.15, 0.2) is 0 Å². The zero-order valence-corrected chi connectivity index (χ0v) is 16.8. The first-order valence-corrected chi connectivity index (χ1v) is 9.44. The molecule has 4 aromatic rings. The average molecular weight is 439 g/mol. The smallest absolute Gasteiger partial charge is 0.336 e. The molecule has 1 atom stereocenters. The van der Waals surface area contributed by atoms with Gasteiger partial charge in [-0.25, -0.2) is 9.59 Å². The van der Waals surface area contributed by atoms with Crippen molar-refractivity contribution >= 4 is 33.9 Å². The summed E-state index contributed by atoms with van der Waals surface area (Å²) < 4.78 is 9.81. The van der Waals surface area contributed by atoms with Gasteiger partial charge < -0.3 is 24.8 Å². The van der Waals surface area contributed by atoms with E-state index in [4.69, 9.17) is 24.8 Å². The number of carbonyl (C=O) groups is 2. The number of aliphatic carboxylic acids is 2. The van der Waals surface area contributed by atoms with Crippen LogP contribution in [0.1, 0.15) is 12.8 Å². The minimum Gasteiger partial charge on any atom is -0.481 e. The van der Waals surface area contributed by atoms with E-state index in [1.807, 2.05) is 36.4 Å². The second kappa shape index (κ2) is 11.8. The fourth-order valence-electron chi connectivity index (χ4n) is 2.43. The molecule has 166 valence electrons. The van der Waals surface area contributed by atoms with Crippen molar-refractivity contribution in [1.82, 2.24) is 0 Å². The Hall–Kier alpha value is -4.24. The number of hydrogen-bond donors (Lipinski definition) is 3. The molecule has 0 aliphatic carbocycles. The van der Waals surface area contributed by atoms with E-state index >= 15 is 0 Å². The van der Waals surface area contributed by atoms with Gasteiger partial charge in [-0.05, 0) is 30.7 Å². The quantitative estimate of drug-likeness (QED) is 0.406. The first-order chi connectivity index (χ1) is 15.3. The van der Waals surface area contributed by atoms with Gasteiger partial charge >= 0.3 is 23.2 Å². The molecule has 0 fully saturated rings. The SMILES string of the molecule is N[C@@H](CCC(=O)O)C(=O)O.O=c1ccc2ccccc2o1.O=c1ccc2ccccc2o1. The molecule has 9 heteroatoms. The van der Waals surface area contributed by atoms with Crippen LogP contribution in [-0.4, -0.2) is 28.2 Å². The molecule has 0 bridgehead atoms. The largest absolute Gasteiger partial charge is 0.481 e. The third kappa shape index (κ3) is 7.88. The molecule has 4 rings (SSSR count). The Morgan fingerprint density at radius 3 is 1.59 bits per heavy atom. The van der Waals surface area contributed by atoms with Crippen LogP contribution in [-0.2, 0) is 9.59 Å². The summed E-state index contributed by atoms with van der Waals surface area (Å²) in [6, 6.07) is 20.1. The third-order valence-corrected chi connectivity index (χ3v) is 4.04. The van der Waals surface area contributed by atoms with Crippen molar-refractivity contribution in [3.8, 4) is 0 Å². The zero-order chi connectivity index (χ0) is 23.5. The maximum atomic E-state index is 10.7. The van der Waals surface area contributed by atoms with Gasteiger partial charge in [0.05, 0.1) is 0 Å². The highest BCUT2D eigenvalue weighted by atomic mass is 16.4. The molecule has 0 unspecified atom stereocenters. The summed E-state index contributed by atoms with van der Waals surface area (Å²) in [7, 11) is 0. The van der Waals surface area contributed by atoms with Crippen molar-refractivity contribution in [3.63, 3.8) is 0 Å². The fraction of sp³-hybridized carbons (Fsp3) is 0.130. The van der Waals surface area contributed by atoms with Crippen molar-refractivity contribution in [1.29, 1.82) is 0 Å². The van der Waals surface area contributed by atoms with Gasteiger partial charge in [-0.3, -0.25) is 9.59 Å². The lowest BCUT2D eigenvalue weighted by atomic mass is 10.2. The Kier molecular flexibility index (Phi) is 8.88. The lowest BCUT2D eigenvalue weighted by molar-refractivity contribution is -0.139. The van der Waals surface area contributed by atoms with Gasteiger partial charge in [0.25, 0.3) is 0 Å². The molecule has 0 amide bonds. The molecule has 0 aliphatic rings. The molecular formula is C23H21NO8. The van der Waals surface area contributed by atoms with Gasteiger partial charge in [0, 0.05) is 29.3 Å². The summed E-state index contributed by atoms with van der Waals surface area (Å²) >= 11 is 0. The predicted octanol–water partition coefficient (Wildman–Crippen LogP) is 2.85. The van der Waals surface area contributed by atoms with Crippen LogP contribution < -0.4 is 17.0 Å². The van der Waals surface area contributed by atoms with Gasteiger partial charge in [0.1, 0.15) is 17.2 Å². The predicted molar refractivity (Wildman–Crippen MR) is 117 cm³/mol. The van der Waals surface area contributed by atoms with Gasteiger partial charge in [0.2, 0.25) is 0 Å². The minimum absolute atomic E-state index is 0.0231. The Balaban J connectivity index is 0.000000171. The first kappa shape index (κ1) is 24.0. The molecule has 0 radical (unpaired) electrons. The maximum Gasteiger partial charge on any atom is 0.336 e. The highest BCUT2D eigenvalue weighted by Gasteiger charge is 2.12. The number of hydrogen-bond acceptors (Lipinski definition) is 7. The number of fused-ring (bicyclic) bond motifs is 2.